The fourth-order valence-corrected chi connectivity index (χ4v) is 3.33. The van der Waals surface area contributed by atoms with Crippen molar-refractivity contribution in [2.24, 2.45) is 5.84 Å². The molecule has 0 bridgehead atoms. The normalized spacial score (nSPS) is 13.4. The average Bonchev–Trinajstić information content (AvgIpc) is 2.76. The molecule has 0 radical (unpaired) electrons. The summed E-state index contributed by atoms with van der Waals surface area (Å²) < 4.78 is 23.2. The molecule has 0 spiro atoms. The van der Waals surface area contributed by atoms with E-state index in [1.165, 1.54) is 11.1 Å². The van der Waals surface area contributed by atoms with Crippen molar-refractivity contribution in [2.45, 2.75) is 17.9 Å². The van der Waals surface area contributed by atoms with Crippen molar-refractivity contribution < 1.29 is 8.42 Å². The first kappa shape index (κ1) is 14.2. The highest BCUT2D eigenvalue weighted by atomic mass is 32.2. The Morgan fingerprint density at radius 1 is 1.26 bits per heavy atom. The van der Waals surface area contributed by atoms with Crippen LogP contribution in [0.3, 0.4) is 0 Å². The van der Waals surface area contributed by atoms with E-state index in [9.17, 15) is 8.42 Å². The van der Waals surface area contributed by atoms with E-state index in [0.717, 1.165) is 11.1 Å². The number of nitrogens with two attached hydrogens (primary N) is 1. The fourth-order valence-electron chi connectivity index (χ4n) is 1.92. The molecule has 1 unspecified atom stereocenters. The Kier molecular flexibility index (Phi) is 4.05. The molecule has 3 N–H and O–H groups in total. The van der Waals surface area contributed by atoms with Crippen molar-refractivity contribution in [1.82, 2.24) is 5.43 Å². The van der Waals surface area contributed by atoms with Crippen LogP contribution in [0.2, 0.25) is 0 Å². The van der Waals surface area contributed by atoms with Gasteiger partial charge in [-0.2, -0.15) is 0 Å². The van der Waals surface area contributed by atoms with Crippen molar-refractivity contribution in [1.29, 1.82) is 0 Å². The van der Waals surface area contributed by atoms with E-state index in [2.05, 4.69) is 5.43 Å². The molecule has 19 heavy (non-hydrogen) atoms. The van der Waals surface area contributed by atoms with Gasteiger partial charge in [-0.05, 0) is 41.6 Å². The highest BCUT2D eigenvalue weighted by Gasteiger charge is 2.16. The maximum Gasteiger partial charge on any atom is 0.175 e. The van der Waals surface area contributed by atoms with Crippen LogP contribution in [0.5, 0.6) is 0 Å². The Hall–Kier alpha value is -1.21. The second kappa shape index (κ2) is 5.42. The Labute approximate surface area is 117 Å². The summed E-state index contributed by atoms with van der Waals surface area (Å²) in [5.41, 5.74) is 4.61. The molecule has 0 aliphatic rings. The highest BCUT2D eigenvalue weighted by molar-refractivity contribution is 7.90. The quantitative estimate of drug-likeness (QED) is 0.669. The predicted molar refractivity (Wildman–Crippen MR) is 77.8 cm³/mol. The summed E-state index contributed by atoms with van der Waals surface area (Å²) in [4.78, 5) is 1.49. The number of rotatable bonds is 4. The van der Waals surface area contributed by atoms with E-state index < -0.39 is 9.84 Å². The predicted octanol–water partition coefficient (Wildman–Crippen LogP) is 2.01. The number of nitrogens with one attached hydrogen (secondary N) is 1. The molecule has 0 saturated heterocycles. The number of hydrazine groups is 1. The van der Waals surface area contributed by atoms with Gasteiger partial charge >= 0.3 is 0 Å². The molecule has 102 valence electrons. The third-order valence-electron chi connectivity index (χ3n) is 2.87. The molecule has 1 heterocycles. The third kappa shape index (κ3) is 3.22. The zero-order valence-corrected chi connectivity index (χ0v) is 12.4. The van der Waals surface area contributed by atoms with Crippen LogP contribution in [-0.2, 0) is 9.84 Å². The number of aryl methyl sites for hydroxylation is 1. The average molecular weight is 296 g/mol. The minimum Gasteiger partial charge on any atom is -0.271 e. The van der Waals surface area contributed by atoms with Gasteiger partial charge < -0.3 is 0 Å². The second-order valence-corrected chi connectivity index (χ2v) is 7.57. The molecule has 0 aliphatic heterocycles. The molecule has 4 nitrogen and oxygen atoms in total. The summed E-state index contributed by atoms with van der Waals surface area (Å²) >= 11 is 1.64. The smallest absolute Gasteiger partial charge is 0.175 e. The van der Waals surface area contributed by atoms with Gasteiger partial charge in [0.2, 0.25) is 0 Å². The molecule has 1 aromatic carbocycles. The summed E-state index contributed by atoms with van der Waals surface area (Å²) in [7, 11) is -3.21. The number of sulfone groups is 1. The molecular weight excluding hydrogens is 280 g/mol. The van der Waals surface area contributed by atoms with E-state index in [-0.39, 0.29) is 6.04 Å². The number of benzene rings is 1. The van der Waals surface area contributed by atoms with Crippen LogP contribution in [0.15, 0.2) is 40.6 Å². The lowest BCUT2D eigenvalue weighted by Crippen LogP contribution is -2.28. The lowest BCUT2D eigenvalue weighted by molar-refractivity contribution is 0.600. The van der Waals surface area contributed by atoms with Crippen LogP contribution in [0.1, 0.15) is 22.0 Å². The topological polar surface area (TPSA) is 72.2 Å². The maximum atomic E-state index is 11.6. The van der Waals surface area contributed by atoms with Gasteiger partial charge in [0.1, 0.15) is 0 Å². The van der Waals surface area contributed by atoms with Crippen molar-refractivity contribution in [3.8, 4) is 0 Å². The lowest BCUT2D eigenvalue weighted by Gasteiger charge is -2.15. The summed E-state index contributed by atoms with van der Waals surface area (Å²) in [6, 6.07) is 8.69. The molecular formula is C13H16N2O2S2. The van der Waals surface area contributed by atoms with Gasteiger partial charge in [0.15, 0.2) is 9.84 Å². The van der Waals surface area contributed by atoms with Crippen LogP contribution in [0.25, 0.3) is 0 Å². The van der Waals surface area contributed by atoms with E-state index in [4.69, 9.17) is 5.84 Å². The molecule has 2 rings (SSSR count). The van der Waals surface area contributed by atoms with Gasteiger partial charge in [-0.25, -0.2) is 13.8 Å². The first-order chi connectivity index (χ1) is 8.91. The monoisotopic (exact) mass is 296 g/mol. The third-order valence-corrected chi connectivity index (χ3v) is 4.86. The molecule has 6 heteroatoms. The van der Waals surface area contributed by atoms with Crippen LogP contribution in [0, 0.1) is 6.92 Å². The highest BCUT2D eigenvalue weighted by Crippen LogP contribution is 2.27. The van der Waals surface area contributed by atoms with E-state index in [1.807, 2.05) is 24.4 Å². The molecule has 0 amide bonds. The number of thiophene rings is 1. The Balaban J connectivity index is 2.45. The first-order valence-electron chi connectivity index (χ1n) is 5.73. The molecule has 0 fully saturated rings. The largest absolute Gasteiger partial charge is 0.271 e. The van der Waals surface area contributed by atoms with Crippen LogP contribution in [0.4, 0.5) is 0 Å². The molecule has 0 aliphatic carbocycles. The van der Waals surface area contributed by atoms with E-state index in [0.29, 0.717) is 4.90 Å². The number of hydrogen-bond acceptors (Lipinski definition) is 5. The summed E-state index contributed by atoms with van der Waals surface area (Å²) in [6.45, 7) is 2.02. The molecule has 1 atom stereocenters. The van der Waals surface area contributed by atoms with Crippen molar-refractivity contribution >= 4 is 21.2 Å². The van der Waals surface area contributed by atoms with Crippen molar-refractivity contribution in [2.75, 3.05) is 6.26 Å². The van der Waals surface area contributed by atoms with Crippen LogP contribution in [-0.4, -0.2) is 14.7 Å². The lowest BCUT2D eigenvalue weighted by atomic mass is 10.0. The van der Waals surface area contributed by atoms with Gasteiger partial charge in [0.25, 0.3) is 0 Å². The zero-order chi connectivity index (χ0) is 14.0. The molecule has 1 aromatic heterocycles. The van der Waals surface area contributed by atoms with Gasteiger partial charge in [0, 0.05) is 11.1 Å². The molecule has 2 aromatic rings. The standard InChI is InChI=1S/C13H16N2O2S2/c1-9-6-11(8-18-9)13(15-14)10-4-3-5-12(7-10)19(2,16)17/h3-8,13,15H,14H2,1-2H3. The Bertz CT molecular complexity index is 677. The van der Waals surface area contributed by atoms with Crippen molar-refractivity contribution in [3.63, 3.8) is 0 Å². The Morgan fingerprint density at radius 3 is 2.53 bits per heavy atom. The van der Waals surface area contributed by atoms with Gasteiger partial charge in [-0.15, -0.1) is 11.3 Å². The zero-order valence-electron chi connectivity index (χ0n) is 10.8. The first-order valence-corrected chi connectivity index (χ1v) is 8.50. The summed E-state index contributed by atoms with van der Waals surface area (Å²) in [5, 5.41) is 2.02. The second-order valence-electron chi connectivity index (χ2n) is 4.44. The van der Waals surface area contributed by atoms with Gasteiger partial charge in [0.05, 0.1) is 10.9 Å². The van der Waals surface area contributed by atoms with E-state index in [1.54, 1.807) is 29.5 Å². The molecule has 0 saturated carbocycles. The van der Waals surface area contributed by atoms with Gasteiger partial charge in [-0.1, -0.05) is 12.1 Å². The summed E-state index contributed by atoms with van der Waals surface area (Å²) in [5.74, 6) is 5.61. The van der Waals surface area contributed by atoms with Crippen LogP contribution < -0.4 is 11.3 Å². The summed E-state index contributed by atoms with van der Waals surface area (Å²) in [6.07, 6.45) is 1.20. The fraction of sp³-hybridized carbons (Fsp3) is 0.231. The van der Waals surface area contributed by atoms with E-state index >= 15 is 0 Å². The maximum absolute atomic E-state index is 11.6. The SMILES string of the molecule is Cc1cc(C(NN)c2cccc(S(C)(=O)=O)c2)cs1. The minimum atomic E-state index is -3.21. The number of hydrogen-bond donors (Lipinski definition) is 2. The van der Waals surface area contributed by atoms with Crippen LogP contribution >= 0.6 is 11.3 Å². The van der Waals surface area contributed by atoms with Gasteiger partial charge in [-0.3, -0.25) is 5.84 Å². The minimum absolute atomic E-state index is 0.202. The van der Waals surface area contributed by atoms with Crippen molar-refractivity contribution in [3.05, 3.63) is 51.7 Å². The Morgan fingerprint density at radius 2 is 2.00 bits per heavy atom.